The lowest BCUT2D eigenvalue weighted by atomic mass is 9.87. The van der Waals surface area contributed by atoms with Crippen LogP contribution in [0.15, 0.2) is 22.7 Å². The molecule has 1 N–H and O–H groups in total. The van der Waals surface area contributed by atoms with Crippen molar-refractivity contribution < 1.29 is 9.18 Å². The SMILES string of the molecule is O=C(NC1CCC(CBr)CC1)c1cccc(Br)c1F. The summed E-state index contributed by atoms with van der Waals surface area (Å²) in [5.41, 5.74) is 0.108. The van der Waals surface area contributed by atoms with E-state index in [1.165, 1.54) is 6.07 Å². The van der Waals surface area contributed by atoms with Gasteiger partial charge < -0.3 is 5.32 Å². The highest BCUT2D eigenvalue weighted by molar-refractivity contribution is 9.10. The average molecular weight is 393 g/mol. The molecular formula is C14H16Br2FNO. The van der Waals surface area contributed by atoms with Crippen LogP contribution in [0.1, 0.15) is 36.0 Å². The zero-order valence-electron chi connectivity index (χ0n) is 10.5. The Kier molecular flexibility index (Phi) is 5.39. The average Bonchev–Trinajstić information content (AvgIpc) is 2.42. The molecule has 0 heterocycles. The molecule has 104 valence electrons. The monoisotopic (exact) mass is 391 g/mol. The lowest BCUT2D eigenvalue weighted by Gasteiger charge is -2.28. The van der Waals surface area contributed by atoms with Gasteiger partial charge in [-0.15, -0.1) is 0 Å². The molecule has 0 radical (unpaired) electrons. The summed E-state index contributed by atoms with van der Waals surface area (Å²) in [5.74, 6) is -0.106. The summed E-state index contributed by atoms with van der Waals surface area (Å²) in [6.07, 6.45) is 4.16. The van der Waals surface area contributed by atoms with Gasteiger partial charge in [0.15, 0.2) is 0 Å². The van der Waals surface area contributed by atoms with Crippen LogP contribution >= 0.6 is 31.9 Å². The van der Waals surface area contributed by atoms with Crippen molar-refractivity contribution in [3.63, 3.8) is 0 Å². The second-order valence-corrected chi connectivity index (χ2v) is 6.45. The van der Waals surface area contributed by atoms with Crippen LogP contribution in [-0.4, -0.2) is 17.3 Å². The Morgan fingerprint density at radius 2 is 2.00 bits per heavy atom. The van der Waals surface area contributed by atoms with Crippen LogP contribution in [-0.2, 0) is 0 Å². The highest BCUT2D eigenvalue weighted by Crippen LogP contribution is 2.26. The van der Waals surface area contributed by atoms with Crippen LogP contribution in [0.4, 0.5) is 4.39 Å². The van der Waals surface area contributed by atoms with Crippen LogP contribution in [0.5, 0.6) is 0 Å². The standard InChI is InChI=1S/C14H16Br2FNO/c15-8-9-4-6-10(7-5-9)18-14(19)11-2-1-3-12(16)13(11)17/h1-3,9-10H,4-8H2,(H,18,19). The van der Waals surface area contributed by atoms with Crippen molar-refractivity contribution in [1.29, 1.82) is 0 Å². The minimum atomic E-state index is -0.492. The van der Waals surface area contributed by atoms with Gasteiger partial charge in [0.25, 0.3) is 5.91 Å². The third kappa shape index (κ3) is 3.78. The summed E-state index contributed by atoms with van der Waals surface area (Å²) >= 11 is 6.59. The van der Waals surface area contributed by atoms with Crippen molar-refractivity contribution in [2.45, 2.75) is 31.7 Å². The summed E-state index contributed by atoms with van der Waals surface area (Å²) in [7, 11) is 0. The Bertz CT molecular complexity index is 459. The van der Waals surface area contributed by atoms with Gasteiger partial charge in [0.05, 0.1) is 10.0 Å². The number of hydrogen-bond donors (Lipinski definition) is 1. The third-order valence-electron chi connectivity index (χ3n) is 3.60. The number of rotatable bonds is 3. The number of amides is 1. The predicted octanol–water partition coefficient (Wildman–Crippen LogP) is 4.27. The van der Waals surface area contributed by atoms with E-state index in [0.29, 0.717) is 10.4 Å². The van der Waals surface area contributed by atoms with Gasteiger partial charge in [0, 0.05) is 11.4 Å². The molecular weight excluding hydrogens is 377 g/mol. The van der Waals surface area contributed by atoms with Crippen LogP contribution in [0.2, 0.25) is 0 Å². The molecule has 1 saturated carbocycles. The van der Waals surface area contributed by atoms with E-state index in [1.807, 2.05) is 0 Å². The summed E-state index contributed by atoms with van der Waals surface area (Å²) in [6, 6.07) is 4.94. The lowest BCUT2D eigenvalue weighted by Crippen LogP contribution is -2.38. The van der Waals surface area contributed by atoms with Crippen molar-refractivity contribution >= 4 is 37.8 Å². The molecule has 1 amide bonds. The first-order valence-corrected chi connectivity index (χ1v) is 8.34. The van der Waals surface area contributed by atoms with Crippen molar-refractivity contribution in [2.24, 2.45) is 5.92 Å². The second kappa shape index (κ2) is 6.84. The number of halogens is 3. The molecule has 0 aromatic heterocycles. The number of hydrogen-bond acceptors (Lipinski definition) is 1. The first kappa shape index (κ1) is 15.0. The van der Waals surface area contributed by atoms with Gasteiger partial charge in [0.1, 0.15) is 5.82 Å². The second-order valence-electron chi connectivity index (χ2n) is 4.95. The molecule has 1 aromatic carbocycles. The van der Waals surface area contributed by atoms with Crippen LogP contribution in [0.3, 0.4) is 0 Å². The molecule has 0 saturated heterocycles. The van der Waals surface area contributed by atoms with Crippen molar-refractivity contribution in [3.8, 4) is 0 Å². The summed E-state index contributed by atoms with van der Waals surface area (Å²) in [6.45, 7) is 0. The molecule has 0 bridgehead atoms. The molecule has 1 aliphatic rings. The van der Waals surface area contributed by atoms with E-state index in [-0.39, 0.29) is 17.5 Å². The van der Waals surface area contributed by atoms with E-state index < -0.39 is 5.82 Å². The molecule has 0 aliphatic heterocycles. The normalized spacial score (nSPS) is 23.1. The predicted molar refractivity (Wildman–Crippen MR) is 81.1 cm³/mol. The van der Waals surface area contributed by atoms with Gasteiger partial charge in [-0.2, -0.15) is 0 Å². The van der Waals surface area contributed by atoms with E-state index in [0.717, 1.165) is 31.0 Å². The Labute approximate surface area is 129 Å². The van der Waals surface area contributed by atoms with Crippen molar-refractivity contribution in [3.05, 3.63) is 34.1 Å². The van der Waals surface area contributed by atoms with E-state index in [1.54, 1.807) is 12.1 Å². The minimum absolute atomic E-state index is 0.108. The number of benzene rings is 1. The fraction of sp³-hybridized carbons (Fsp3) is 0.500. The van der Waals surface area contributed by atoms with Gasteiger partial charge in [-0.3, -0.25) is 4.79 Å². The van der Waals surface area contributed by atoms with Crippen LogP contribution in [0, 0.1) is 11.7 Å². The van der Waals surface area contributed by atoms with E-state index in [2.05, 4.69) is 37.2 Å². The maximum absolute atomic E-state index is 13.8. The highest BCUT2D eigenvalue weighted by Gasteiger charge is 2.23. The Hall–Kier alpha value is -0.420. The van der Waals surface area contributed by atoms with Crippen molar-refractivity contribution in [2.75, 3.05) is 5.33 Å². The third-order valence-corrected chi connectivity index (χ3v) is 5.12. The number of carbonyl (C=O) groups excluding carboxylic acids is 1. The Morgan fingerprint density at radius 1 is 1.32 bits per heavy atom. The first-order chi connectivity index (χ1) is 9.11. The van der Waals surface area contributed by atoms with Gasteiger partial charge in [0.2, 0.25) is 0 Å². The first-order valence-electron chi connectivity index (χ1n) is 6.42. The molecule has 2 rings (SSSR count). The summed E-state index contributed by atoms with van der Waals surface area (Å²) in [5, 5.41) is 3.95. The van der Waals surface area contributed by atoms with Gasteiger partial charge in [-0.25, -0.2) is 4.39 Å². The zero-order chi connectivity index (χ0) is 13.8. The maximum atomic E-state index is 13.8. The molecule has 1 aromatic rings. The molecule has 0 spiro atoms. The van der Waals surface area contributed by atoms with Crippen LogP contribution in [0.25, 0.3) is 0 Å². The van der Waals surface area contributed by atoms with Gasteiger partial charge in [-0.05, 0) is 59.7 Å². The Balaban J connectivity index is 1.96. The fourth-order valence-corrected chi connectivity index (χ4v) is 3.42. The van der Waals surface area contributed by atoms with E-state index in [4.69, 9.17) is 0 Å². The minimum Gasteiger partial charge on any atom is -0.349 e. The van der Waals surface area contributed by atoms with Crippen LogP contribution < -0.4 is 5.32 Å². The van der Waals surface area contributed by atoms with Crippen molar-refractivity contribution in [1.82, 2.24) is 5.32 Å². The van der Waals surface area contributed by atoms with Gasteiger partial charge in [-0.1, -0.05) is 22.0 Å². The van der Waals surface area contributed by atoms with E-state index >= 15 is 0 Å². The quantitative estimate of drug-likeness (QED) is 0.764. The number of alkyl halides is 1. The largest absolute Gasteiger partial charge is 0.349 e. The van der Waals surface area contributed by atoms with E-state index in [9.17, 15) is 9.18 Å². The molecule has 1 aliphatic carbocycles. The molecule has 2 nitrogen and oxygen atoms in total. The Morgan fingerprint density at radius 3 is 2.63 bits per heavy atom. The summed E-state index contributed by atoms with van der Waals surface area (Å²) < 4.78 is 14.1. The number of carbonyl (C=O) groups is 1. The topological polar surface area (TPSA) is 29.1 Å². The molecule has 19 heavy (non-hydrogen) atoms. The molecule has 5 heteroatoms. The fourth-order valence-electron chi connectivity index (χ4n) is 2.40. The summed E-state index contributed by atoms with van der Waals surface area (Å²) in [4.78, 5) is 12.1. The highest BCUT2D eigenvalue weighted by atomic mass is 79.9. The molecule has 1 fully saturated rings. The smallest absolute Gasteiger partial charge is 0.254 e. The number of nitrogens with one attached hydrogen (secondary N) is 1. The zero-order valence-corrected chi connectivity index (χ0v) is 13.6. The molecule has 0 unspecified atom stereocenters. The van der Waals surface area contributed by atoms with Gasteiger partial charge >= 0.3 is 0 Å². The molecule has 0 atom stereocenters. The lowest BCUT2D eigenvalue weighted by molar-refractivity contribution is 0.0919. The maximum Gasteiger partial charge on any atom is 0.254 e.